The minimum atomic E-state index is -0.249. The number of benzene rings is 1. The van der Waals surface area contributed by atoms with E-state index in [4.69, 9.17) is 0 Å². The van der Waals surface area contributed by atoms with E-state index in [-0.39, 0.29) is 5.82 Å². The molecule has 0 aliphatic heterocycles. The highest BCUT2D eigenvalue weighted by molar-refractivity contribution is 5.59. The lowest BCUT2D eigenvalue weighted by Gasteiger charge is -2.06. The molecule has 0 radical (unpaired) electrons. The van der Waals surface area contributed by atoms with E-state index in [9.17, 15) is 4.39 Å². The fourth-order valence-electron chi connectivity index (χ4n) is 1.77. The van der Waals surface area contributed by atoms with E-state index in [0.29, 0.717) is 0 Å². The van der Waals surface area contributed by atoms with Crippen molar-refractivity contribution in [3.05, 3.63) is 47.7 Å². The van der Waals surface area contributed by atoms with Crippen molar-refractivity contribution < 1.29 is 4.39 Å². The molecule has 0 saturated carbocycles. The molecule has 2 aromatic rings. The molecule has 1 heterocycles. The lowest BCUT2D eigenvalue weighted by atomic mass is 10.1. The van der Waals surface area contributed by atoms with E-state index in [1.165, 1.54) is 12.1 Å². The van der Waals surface area contributed by atoms with Crippen LogP contribution in [0.25, 0.3) is 11.3 Å². The third kappa shape index (κ3) is 3.11. The SMILES string of the molecule is CNCCc1nc(C)cc(-c2cccc(F)c2)n1. The maximum atomic E-state index is 13.2. The molecule has 4 heteroatoms. The number of nitrogens with zero attached hydrogens (tertiary/aromatic N) is 2. The van der Waals surface area contributed by atoms with Gasteiger partial charge in [-0.15, -0.1) is 0 Å². The van der Waals surface area contributed by atoms with Crippen molar-refractivity contribution in [1.29, 1.82) is 0 Å². The minimum absolute atomic E-state index is 0.249. The van der Waals surface area contributed by atoms with Gasteiger partial charge in [0.2, 0.25) is 0 Å². The monoisotopic (exact) mass is 245 g/mol. The first-order valence-electron chi connectivity index (χ1n) is 5.94. The Labute approximate surface area is 106 Å². The molecule has 0 bridgehead atoms. The quantitative estimate of drug-likeness (QED) is 0.898. The van der Waals surface area contributed by atoms with E-state index in [2.05, 4.69) is 15.3 Å². The zero-order valence-electron chi connectivity index (χ0n) is 10.6. The van der Waals surface area contributed by atoms with Crippen molar-refractivity contribution in [3.8, 4) is 11.3 Å². The second-order valence-electron chi connectivity index (χ2n) is 4.17. The lowest BCUT2D eigenvalue weighted by Crippen LogP contribution is -2.12. The summed E-state index contributed by atoms with van der Waals surface area (Å²) < 4.78 is 13.2. The number of rotatable bonds is 4. The van der Waals surface area contributed by atoms with Crippen molar-refractivity contribution in [2.45, 2.75) is 13.3 Å². The van der Waals surface area contributed by atoms with Gasteiger partial charge in [0.25, 0.3) is 0 Å². The second kappa shape index (κ2) is 5.69. The van der Waals surface area contributed by atoms with Gasteiger partial charge in [0.1, 0.15) is 11.6 Å². The molecular formula is C14H16FN3. The first-order chi connectivity index (χ1) is 8.69. The molecule has 0 saturated heterocycles. The Morgan fingerprint density at radius 1 is 1.22 bits per heavy atom. The van der Waals surface area contributed by atoms with Crippen LogP contribution in [-0.2, 0) is 6.42 Å². The first kappa shape index (κ1) is 12.6. The van der Waals surface area contributed by atoms with Gasteiger partial charge in [0.15, 0.2) is 0 Å². The Balaban J connectivity index is 2.35. The van der Waals surface area contributed by atoms with Gasteiger partial charge in [0, 0.05) is 24.2 Å². The molecule has 18 heavy (non-hydrogen) atoms. The fourth-order valence-corrected chi connectivity index (χ4v) is 1.77. The highest BCUT2D eigenvalue weighted by Gasteiger charge is 2.05. The fraction of sp³-hybridized carbons (Fsp3) is 0.286. The zero-order chi connectivity index (χ0) is 13.0. The van der Waals surface area contributed by atoms with Crippen LogP contribution in [0.1, 0.15) is 11.5 Å². The molecule has 0 aliphatic carbocycles. The van der Waals surface area contributed by atoms with Crippen molar-refractivity contribution >= 4 is 0 Å². The summed E-state index contributed by atoms with van der Waals surface area (Å²) in [6, 6.07) is 8.34. The largest absolute Gasteiger partial charge is 0.319 e. The van der Waals surface area contributed by atoms with E-state index in [1.807, 2.05) is 26.1 Å². The molecular weight excluding hydrogens is 229 g/mol. The summed E-state index contributed by atoms with van der Waals surface area (Å²) in [5.41, 5.74) is 2.45. The lowest BCUT2D eigenvalue weighted by molar-refractivity contribution is 0.628. The standard InChI is InChI=1S/C14H16FN3/c1-10-8-13(11-4-3-5-12(15)9-11)18-14(17-10)6-7-16-2/h3-5,8-9,16H,6-7H2,1-2H3. The summed E-state index contributed by atoms with van der Waals surface area (Å²) >= 11 is 0. The van der Waals surface area contributed by atoms with Gasteiger partial charge >= 0.3 is 0 Å². The molecule has 1 N–H and O–H groups in total. The number of likely N-dealkylation sites (N-methyl/N-ethyl adjacent to an activating group) is 1. The van der Waals surface area contributed by atoms with Crippen LogP contribution in [0.3, 0.4) is 0 Å². The van der Waals surface area contributed by atoms with E-state index in [0.717, 1.165) is 35.7 Å². The first-order valence-corrected chi connectivity index (χ1v) is 5.94. The predicted molar refractivity (Wildman–Crippen MR) is 69.8 cm³/mol. The molecule has 0 amide bonds. The average Bonchev–Trinajstić information content (AvgIpc) is 2.36. The minimum Gasteiger partial charge on any atom is -0.319 e. The maximum Gasteiger partial charge on any atom is 0.130 e. The van der Waals surface area contributed by atoms with Crippen molar-refractivity contribution in [3.63, 3.8) is 0 Å². The molecule has 94 valence electrons. The molecule has 2 rings (SSSR count). The summed E-state index contributed by atoms with van der Waals surface area (Å²) in [5.74, 6) is 0.532. The van der Waals surface area contributed by atoms with Crippen LogP contribution < -0.4 is 5.32 Å². The number of halogens is 1. The van der Waals surface area contributed by atoms with Crippen LogP contribution in [0.2, 0.25) is 0 Å². The van der Waals surface area contributed by atoms with Crippen molar-refractivity contribution in [2.75, 3.05) is 13.6 Å². The smallest absolute Gasteiger partial charge is 0.130 e. The number of nitrogens with one attached hydrogen (secondary N) is 1. The second-order valence-corrected chi connectivity index (χ2v) is 4.17. The molecule has 0 atom stereocenters. The van der Waals surface area contributed by atoms with Crippen LogP contribution in [0.4, 0.5) is 4.39 Å². The zero-order valence-corrected chi connectivity index (χ0v) is 10.6. The number of hydrogen-bond donors (Lipinski definition) is 1. The number of aryl methyl sites for hydroxylation is 1. The Morgan fingerprint density at radius 2 is 2.06 bits per heavy atom. The van der Waals surface area contributed by atoms with Crippen LogP contribution in [0.15, 0.2) is 30.3 Å². The number of aromatic nitrogens is 2. The van der Waals surface area contributed by atoms with Crippen molar-refractivity contribution in [2.24, 2.45) is 0 Å². The van der Waals surface area contributed by atoms with Gasteiger partial charge in [0.05, 0.1) is 5.69 Å². The summed E-state index contributed by atoms with van der Waals surface area (Å²) in [7, 11) is 1.89. The summed E-state index contributed by atoms with van der Waals surface area (Å²) in [6.45, 7) is 2.75. The highest BCUT2D eigenvalue weighted by atomic mass is 19.1. The normalized spacial score (nSPS) is 10.6. The Bertz CT molecular complexity index is 540. The Kier molecular flexibility index (Phi) is 3.99. The van der Waals surface area contributed by atoms with Crippen molar-refractivity contribution in [1.82, 2.24) is 15.3 Å². The van der Waals surface area contributed by atoms with Crippen LogP contribution in [0, 0.1) is 12.7 Å². The third-order valence-electron chi connectivity index (χ3n) is 2.62. The molecule has 1 aromatic heterocycles. The van der Waals surface area contributed by atoms with E-state index >= 15 is 0 Å². The third-order valence-corrected chi connectivity index (χ3v) is 2.62. The van der Waals surface area contributed by atoms with E-state index < -0.39 is 0 Å². The molecule has 0 spiro atoms. The van der Waals surface area contributed by atoms with E-state index in [1.54, 1.807) is 6.07 Å². The molecule has 0 fully saturated rings. The van der Waals surface area contributed by atoms with Crippen LogP contribution >= 0.6 is 0 Å². The van der Waals surface area contributed by atoms with Gasteiger partial charge in [-0.25, -0.2) is 14.4 Å². The highest BCUT2D eigenvalue weighted by Crippen LogP contribution is 2.18. The summed E-state index contributed by atoms with van der Waals surface area (Å²) in [5, 5.41) is 3.06. The molecule has 0 unspecified atom stereocenters. The van der Waals surface area contributed by atoms with Gasteiger partial charge in [-0.2, -0.15) is 0 Å². The molecule has 3 nitrogen and oxygen atoms in total. The van der Waals surface area contributed by atoms with Crippen LogP contribution in [0.5, 0.6) is 0 Å². The molecule has 0 aliphatic rings. The van der Waals surface area contributed by atoms with Gasteiger partial charge in [-0.05, 0) is 32.2 Å². The molecule has 1 aromatic carbocycles. The van der Waals surface area contributed by atoms with Crippen LogP contribution in [-0.4, -0.2) is 23.6 Å². The topological polar surface area (TPSA) is 37.8 Å². The Morgan fingerprint density at radius 3 is 2.78 bits per heavy atom. The maximum absolute atomic E-state index is 13.2. The number of hydrogen-bond acceptors (Lipinski definition) is 3. The summed E-state index contributed by atoms with van der Waals surface area (Å²) in [4.78, 5) is 8.84. The van der Waals surface area contributed by atoms with Gasteiger partial charge in [-0.3, -0.25) is 0 Å². The average molecular weight is 245 g/mol. The Hall–Kier alpha value is -1.81. The van der Waals surface area contributed by atoms with Gasteiger partial charge < -0.3 is 5.32 Å². The van der Waals surface area contributed by atoms with Gasteiger partial charge in [-0.1, -0.05) is 12.1 Å². The predicted octanol–water partition coefficient (Wildman–Crippen LogP) is 2.35. The summed E-state index contributed by atoms with van der Waals surface area (Å²) in [6.07, 6.45) is 0.764.